The van der Waals surface area contributed by atoms with Gasteiger partial charge in [-0.2, -0.15) is 0 Å². The zero-order valence-electron chi connectivity index (χ0n) is 21.9. The third-order valence-corrected chi connectivity index (χ3v) is 7.14. The Balaban J connectivity index is 1.20. The van der Waals surface area contributed by atoms with E-state index in [-0.39, 0.29) is 18.7 Å². The minimum atomic E-state index is 0.00823. The molecule has 0 saturated carbocycles. The number of aryl methyl sites for hydroxylation is 1. The first-order chi connectivity index (χ1) is 18.6. The predicted octanol–water partition coefficient (Wildman–Crippen LogP) is 3.55. The fourth-order valence-electron chi connectivity index (χ4n) is 5.03. The van der Waals surface area contributed by atoms with E-state index in [2.05, 4.69) is 26.7 Å². The predicted molar refractivity (Wildman–Crippen MR) is 143 cm³/mol. The highest BCUT2D eigenvalue weighted by atomic mass is 16.7. The molecular weight excluding hydrogens is 484 g/mol. The summed E-state index contributed by atoms with van der Waals surface area (Å²) in [6.07, 6.45) is 7.29. The van der Waals surface area contributed by atoms with Gasteiger partial charge in [-0.25, -0.2) is 9.97 Å². The quantitative estimate of drug-likeness (QED) is 0.420. The number of ether oxygens (including phenoxy) is 4. The molecule has 38 heavy (non-hydrogen) atoms. The molecule has 0 bridgehead atoms. The summed E-state index contributed by atoms with van der Waals surface area (Å²) in [7, 11) is 3.22. The molecule has 1 aromatic heterocycles. The molecule has 2 N–H and O–H groups in total. The van der Waals surface area contributed by atoms with E-state index in [0.717, 1.165) is 60.5 Å². The number of nitrogens with zero attached hydrogens (tertiary/aromatic N) is 2. The summed E-state index contributed by atoms with van der Waals surface area (Å²) in [5, 5.41) is 6.78. The van der Waals surface area contributed by atoms with Gasteiger partial charge in [0, 0.05) is 36.8 Å². The van der Waals surface area contributed by atoms with Crippen molar-refractivity contribution < 1.29 is 23.7 Å². The van der Waals surface area contributed by atoms with Gasteiger partial charge in [0.2, 0.25) is 12.7 Å². The standard InChI is InChI=1S/C29H34N4O5/c1-35-24-8-6-20(14-26(24)36-2)22-16-31-28(32-17-22)9-10-29(34)33-23(21-4-3-11-30-15-21)12-19-5-7-25-27(13-19)38-18-37-25/h5-8,13-14,16-17,21,23,30H,3-4,9-12,15,18H2,1-2H3,(H,33,34). The lowest BCUT2D eigenvalue weighted by Crippen LogP contribution is -2.47. The van der Waals surface area contributed by atoms with Crippen molar-refractivity contribution in [3.05, 3.63) is 60.2 Å². The largest absolute Gasteiger partial charge is 0.493 e. The molecule has 1 amide bonds. The molecule has 0 radical (unpaired) electrons. The summed E-state index contributed by atoms with van der Waals surface area (Å²) in [6.45, 7) is 2.18. The van der Waals surface area contributed by atoms with E-state index in [1.165, 1.54) is 0 Å². The number of fused-ring (bicyclic) bond motifs is 1. The van der Waals surface area contributed by atoms with Crippen LogP contribution in [0.3, 0.4) is 0 Å². The molecule has 0 aliphatic carbocycles. The molecular formula is C29H34N4O5. The van der Waals surface area contributed by atoms with Gasteiger partial charge in [0.05, 0.1) is 14.2 Å². The lowest BCUT2D eigenvalue weighted by Gasteiger charge is -2.31. The van der Waals surface area contributed by atoms with Crippen LogP contribution in [0.25, 0.3) is 11.1 Å². The number of rotatable bonds is 10. The molecule has 2 aliphatic rings. The van der Waals surface area contributed by atoms with Crippen molar-refractivity contribution >= 4 is 5.91 Å². The topological polar surface area (TPSA) is 104 Å². The van der Waals surface area contributed by atoms with Gasteiger partial charge >= 0.3 is 0 Å². The monoisotopic (exact) mass is 518 g/mol. The molecule has 1 fully saturated rings. The Morgan fingerprint density at radius 2 is 1.87 bits per heavy atom. The van der Waals surface area contributed by atoms with Crippen molar-refractivity contribution in [1.29, 1.82) is 0 Å². The Hall–Kier alpha value is -3.85. The van der Waals surface area contributed by atoms with E-state index in [9.17, 15) is 4.79 Å². The Morgan fingerprint density at radius 1 is 1.05 bits per heavy atom. The average molecular weight is 519 g/mol. The third kappa shape index (κ3) is 6.16. The smallest absolute Gasteiger partial charge is 0.231 e. The van der Waals surface area contributed by atoms with Gasteiger partial charge in [-0.15, -0.1) is 0 Å². The first-order valence-electron chi connectivity index (χ1n) is 13.0. The molecule has 5 rings (SSSR count). The van der Waals surface area contributed by atoms with E-state index in [4.69, 9.17) is 18.9 Å². The molecule has 9 heteroatoms. The fourth-order valence-corrected chi connectivity index (χ4v) is 5.03. The maximum Gasteiger partial charge on any atom is 0.231 e. The molecule has 2 aromatic carbocycles. The number of carbonyl (C=O) groups is 1. The number of hydrogen-bond donors (Lipinski definition) is 2. The van der Waals surface area contributed by atoms with E-state index >= 15 is 0 Å². The molecule has 1 saturated heterocycles. The second-order valence-corrected chi connectivity index (χ2v) is 9.63. The minimum Gasteiger partial charge on any atom is -0.493 e. The number of carbonyl (C=O) groups excluding carboxylic acids is 1. The number of aromatic nitrogens is 2. The molecule has 2 aliphatic heterocycles. The van der Waals surface area contributed by atoms with Crippen molar-refractivity contribution in [3.63, 3.8) is 0 Å². The summed E-state index contributed by atoms with van der Waals surface area (Å²) < 4.78 is 21.7. The van der Waals surface area contributed by atoms with Crippen LogP contribution in [0.5, 0.6) is 23.0 Å². The second-order valence-electron chi connectivity index (χ2n) is 9.63. The van der Waals surface area contributed by atoms with Gasteiger partial charge in [-0.1, -0.05) is 12.1 Å². The first-order valence-corrected chi connectivity index (χ1v) is 13.0. The highest BCUT2D eigenvalue weighted by Gasteiger charge is 2.26. The zero-order valence-corrected chi connectivity index (χ0v) is 21.9. The van der Waals surface area contributed by atoms with Crippen LogP contribution in [0.1, 0.15) is 30.7 Å². The van der Waals surface area contributed by atoms with Gasteiger partial charge in [-0.05, 0) is 73.7 Å². The van der Waals surface area contributed by atoms with E-state index in [0.29, 0.717) is 36.1 Å². The van der Waals surface area contributed by atoms with Gasteiger partial charge in [0.15, 0.2) is 23.0 Å². The summed E-state index contributed by atoms with van der Waals surface area (Å²) in [4.78, 5) is 22.0. The first kappa shape index (κ1) is 25.8. The Labute approximate surface area is 222 Å². The lowest BCUT2D eigenvalue weighted by atomic mass is 9.87. The summed E-state index contributed by atoms with van der Waals surface area (Å²) >= 11 is 0. The molecule has 0 spiro atoms. The maximum atomic E-state index is 13.0. The van der Waals surface area contributed by atoms with Gasteiger partial charge in [0.1, 0.15) is 5.82 Å². The third-order valence-electron chi connectivity index (χ3n) is 7.14. The van der Waals surface area contributed by atoms with Crippen LogP contribution < -0.4 is 29.6 Å². The fraction of sp³-hybridized carbons (Fsp3) is 0.414. The highest BCUT2D eigenvalue weighted by Crippen LogP contribution is 2.34. The number of methoxy groups -OCH3 is 2. The molecule has 9 nitrogen and oxygen atoms in total. The number of benzene rings is 2. The number of nitrogens with one attached hydrogen (secondary N) is 2. The van der Waals surface area contributed by atoms with Crippen LogP contribution in [0.2, 0.25) is 0 Å². The molecule has 200 valence electrons. The SMILES string of the molecule is COc1ccc(-c2cnc(CCC(=O)NC(Cc3ccc4c(c3)OCO4)C3CCCNC3)nc2)cc1OC. The zero-order chi connectivity index (χ0) is 26.3. The molecule has 2 unspecified atom stereocenters. The van der Waals surface area contributed by atoms with Gasteiger partial charge in [0.25, 0.3) is 0 Å². The number of amides is 1. The average Bonchev–Trinajstić information content (AvgIpc) is 3.44. The van der Waals surface area contributed by atoms with Crippen LogP contribution in [0, 0.1) is 5.92 Å². The van der Waals surface area contributed by atoms with Crippen molar-refractivity contribution in [1.82, 2.24) is 20.6 Å². The van der Waals surface area contributed by atoms with Crippen molar-refractivity contribution in [3.8, 4) is 34.1 Å². The molecule has 2 atom stereocenters. The van der Waals surface area contributed by atoms with Gasteiger partial charge in [-0.3, -0.25) is 4.79 Å². The van der Waals surface area contributed by atoms with Crippen LogP contribution >= 0.6 is 0 Å². The normalized spacial score (nSPS) is 17.1. The van der Waals surface area contributed by atoms with Crippen LogP contribution in [-0.4, -0.2) is 56.0 Å². The van der Waals surface area contributed by atoms with Crippen molar-refractivity contribution in [2.45, 2.75) is 38.1 Å². The van der Waals surface area contributed by atoms with Crippen molar-refractivity contribution in [2.24, 2.45) is 5.92 Å². The second kappa shape index (κ2) is 12.1. The van der Waals surface area contributed by atoms with E-state index in [1.807, 2.05) is 30.3 Å². The maximum absolute atomic E-state index is 13.0. The Kier molecular flexibility index (Phi) is 8.23. The summed E-state index contributed by atoms with van der Waals surface area (Å²) in [6, 6.07) is 11.7. The molecule has 3 aromatic rings. The van der Waals surface area contributed by atoms with Crippen LogP contribution in [-0.2, 0) is 17.6 Å². The molecule has 3 heterocycles. The van der Waals surface area contributed by atoms with Crippen molar-refractivity contribution in [2.75, 3.05) is 34.1 Å². The number of hydrogen-bond acceptors (Lipinski definition) is 8. The lowest BCUT2D eigenvalue weighted by molar-refractivity contribution is -0.122. The van der Waals surface area contributed by atoms with Gasteiger partial charge < -0.3 is 29.6 Å². The van der Waals surface area contributed by atoms with Crippen LogP contribution in [0.15, 0.2) is 48.8 Å². The minimum absolute atomic E-state index is 0.00823. The van der Waals surface area contributed by atoms with Crippen LogP contribution in [0.4, 0.5) is 0 Å². The Bertz CT molecular complexity index is 1240. The summed E-state index contributed by atoms with van der Waals surface area (Å²) in [5.41, 5.74) is 2.92. The number of piperidine rings is 1. The Morgan fingerprint density at radius 3 is 2.63 bits per heavy atom. The highest BCUT2D eigenvalue weighted by molar-refractivity contribution is 5.76. The summed E-state index contributed by atoms with van der Waals surface area (Å²) in [5.74, 6) is 3.86. The van der Waals surface area contributed by atoms with E-state index < -0.39 is 0 Å². The van der Waals surface area contributed by atoms with E-state index in [1.54, 1.807) is 26.6 Å².